The second kappa shape index (κ2) is 6.32. The lowest BCUT2D eigenvalue weighted by molar-refractivity contribution is 0.0933. The molecule has 3 aromatic heterocycles. The summed E-state index contributed by atoms with van der Waals surface area (Å²) in [5.74, 6) is 1.54. The SMILES string of the molecule is O=C(NC1CNCc2nccn2C1)c1coc(Cn2cccn2)c1. The van der Waals surface area contributed by atoms with E-state index in [2.05, 4.69) is 25.3 Å². The molecule has 0 aromatic carbocycles. The van der Waals surface area contributed by atoms with Gasteiger partial charge in [0.05, 0.1) is 24.7 Å². The van der Waals surface area contributed by atoms with E-state index < -0.39 is 0 Å². The molecule has 0 saturated heterocycles. The molecule has 0 spiro atoms. The number of aromatic nitrogens is 4. The van der Waals surface area contributed by atoms with Crippen LogP contribution in [0.2, 0.25) is 0 Å². The first-order valence-electron chi connectivity index (χ1n) is 7.84. The Morgan fingerprint density at radius 3 is 3.25 bits per heavy atom. The molecule has 1 aliphatic heterocycles. The van der Waals surface area contributed by atoms with Gasteiger partial charge < -0.3 is 19.6 Å². The Labute approximate surface area is 138 Å². The highest BCUT2D eigenvalue weighted by molar-refractivity contribution is 5.94. The van der Waals surface area contributed by atoms with E-state index in [1.165, 1.54) is 6.26 Å². The van der Waals surface area contributed by atoms with Crippen LogP contribution in [0.5, 0.6) is 0 Å². The monoisotopic (exact) mass is 326 g/mol. The van der Waals surface area contributed by atoms with Gasteiger partial charge in [-0.1, -0.05) is 0 Å². The second-order valence-corrected chi connectivity index (χ2v) is 5.80. The van der Waals surface area contributed by atoms with Gasteiger partial charge in [-0.2, -0.15) is 5.10 Å². The Balaban J connectivity index is 1.40. The highest BCUT2D eigenvalue weighted by Crippen LogP contribution is 2.10. The lowest BCUT2D eigenvalue weighted by Crippen LogP contribution is -2.42. The fourth-order valence-electron chi connectivity index (χ4n) is 2.84. The van der Waals surface area contributed by atoms with Crippen molar-refractivity contribution in [2.45, 2.75) is 25.7 Å². The predicted molar refractivity (Wildman–Crippen MR) is 85.2 cm³/mol. The van der Waals surface area contributed by atoms with Crippen LogP contribution in [0.4, 0.5) is 0 Å². The van der Waals surface area contributed by atoms with Crippen LogP contribution < -0.4 is 10.6 Å². The van der Waals surface area contributed by atoms with Crippen LogP contribution in [0.25, 0.3) is 0 Å². The molecule has 4 heterocycles. The van der Waals surface area contributed by atoms with Crippen molar-refractivity contribution in [1.29, 1.82) is 0 Å². The van der Waals surface area contributed by atoms with Gasteiger partial charge in [0.25, 0.3) is 5.91 Å². The molecule has 124 valence electrons. The van der Waals surface area contributed by atoms with Crippen molar-refractivity contribution < 1.29 is 9.21 Å². The molecule has 4 rings (SSSR count). The Morgan fingerprint density at radius 1 is 1.42 bits per heavy atom. The number of imidazole rings is 1. The number of fused-ring (bicyclic) bond motifs is 1. The Morgan fingerprint density at radius 2 is 2.38 bits per heavy atom. The van der Waals surface area contributed by atoms with Gasteiger partial charge in [0.15, 0.2) is 0 Å². The third-order valence-electron chi connectivity index (χ3n) is 4.02. The van der Waals surface area contributed by atoms with Gasteiger partial charge >= 0.3 is 0 Å². The fourth-order valence-corrected chi connectivity index (χ4v) is 2.84. The molecule has 1 unspecified atom stereocenters. The molecule has 8 nitrogen and oxygen atoms in total. The van der Waals surface area contributed by atoms with E-state index in [0.29, 0.717) is 37.5 Å². The summed E-state index contributed by atoms with van der Waals surface area (Å²) in [6.45, 7) is 2.61. The molecule has 24 heavy (non-hydrogen) atoms. The second-order valence-electron chi connectivity index (χ2n) is 5.80. The van der Waals surface area contributed by atoms with Crippen molar-refractivity contribution >= 4 is 5.91 Å². The predicted octanol–water partition coefficient (Wildman–Crippen LogP) is 0.623. The zero-order valence-electron chi connectivity index (χ0n) is 13.1. The number of carbonyl (C=O) groups is 1. The van der Waals surface area contributed by atoms with E-state index in [4.69, 9.17) is 4.42 Å². The first-order valence-corrected chi connectivity index (χ1v) is 7.84. The number of rotatable bonds is 4. The maximum absolute atomic E-state index is 12.4. The van der Waals surface area contributed by atoms with Crippen molar-refractivity contribution in [3.05, 3.63) is 60.3 Å². The van der Waals surface area contributed by atoms with Crippen molar-refractivity contribution in [3.8, 4) is 0 Å². The third-order valence-corrected chi connectivity index (χ3v) is 4.02. The average Bonchev–Trinajstić information content (AvgIpc) is 3.30. The number of hydrogen-bond donors (Lipinski definition) is 2. The molecule has 0 aliphatic carbocycles. The number of carbonyl (C=O) groups excluding carboxylic acids is 1. The summed E-state index contributed by atoms with van der Waals surface area (Å²) < 4.78 is 9.27. The van der Waals surface area contributed by atoms with Gasteiger partial charge in [0, 0.05) is 37.9 Å². The minimum absolute atomic E-state index is 0.00239. The Bertz CT molecular complexity index is 819. The standard InChI is InChI=1S/C16H18N6O2/c23-16(12-6-14(24-11-12)10-22-4-1-2-19-22)20-13-7-17-8-15-18-3-5-21(15)9-13/h1-6,11,13,17H,7-10H2,(H,20,23). The van der Waals surface area contributed by atoms with Crippen molar-refractivity contribution in [2.24, 2.45) is 0 Å². The van der Waals surface area contributed by atoms with E-state index in [0.717, 1.165) is 5.82 Å². The smallest absolute Gasteiger partial charge is 0.254 e. The summed E-state index contributed by atoms with van der Waals surface area (Å²) in [6.07, 6.45) is 8.75. The van der Waals surface area contributed by atoms with Gasteiger partial charge in [0.1, 0.15) is 17.8 Å². The first-order chi connectivity index (χ1) is 11.8. The molecular formula is C16H18N6O2. The highest BCUT2D eigenvalue weighted by Gasteiger charge is 2.20. The molecule has 8 heteroatoms. The van der Waals surface area contributed by atoms with E-state index in [-0.39, 0.29) is 11.9 Å². The fraction of sp³-hybridized carbons (Fsp3) is 0.312. The number of nitrogens with one attached hydrogen (secondary N) is 2. The highest BCUT2D eigenvalue weighted by atomic mass is 16.3. The molecule has 0 bridgehead atoms. The molecule has 1 aliphatic rings. The molecule has 2 N–H and O–H groups in total. The van der Waals surface area contributed by atoms with E-state index >= 15 is 0 Å². The Kier molecular flexibility index (Phi) is 3.87. The van der Waals surface area contributed by atoms with Gasteiger partial charge in [-0.25, -0.2) is 4.98 Å². The topological polar surface area (TPSA) is 89.9 Å². The molecule has 1 amide bonds. The number of amides is 1. The summed E-state index contributed by atoms with van der Waals surface area (Å²) in [5, 5.41) is 10.5. The molecule has 3 aromatic rings. The van der Waals surface area contributed by atoms with Gasteiger partial charge in [0.2, 0.25) is 0 Å². The van der Waals surface area contributed by atoms with Gasteiger partial charge in [-0.3, -0.25) is 9.48 Å². The van der Waals surface area contributed by atoms with Crippen LogP contribution >= 0.6 is 0 Å². The lowest BCUT2D eigenvalue weighted by Gasteiger charge is -2.16. The molecule has 0 fully saturated rings. The summed E-state index contributed by atoms with van der Waals surface area (Å²) in [6, 6.07) is 3.60. The van der Waals surface area contributed by atoms with Gasteiger partial charge in [-0.15, -0.1) is 0 Å². The minimum Gasteiger partial charge on any atom is -0.467 e. The van der Waals surface area contributed by atoms with E-state index in [1.807, 2.05) is 18.5 Å². The van der Waals surface area contributed by atoms with Crippen LogP contribution in [0.3, 0.4) is 0 Å². The lowest BCUT2D eigenvalue weighted by atomic mass is 10.2. The number of nitrogens with zero attached hydrogens (tertiary/aromatic N) is 4. The van der Waals surface area contributed by atoms with Crippen LogP contribution in [0.15, 0.2) is 47.6 Å². The number of hydrogen-bond acceptors (Lipinski definition) is 5. The normalized spacial score (nSPS) is 17.2. The van der Waals surface area contributed by atoms with Crippen molar-refractivity contribution in [2.75, 3.05) is 6.54 Å². The van der Waals surface area contributed by atoms with Crippen LogP contribution in [-0.2, 0) is 19.6 Å². The van der Waals surface area contributed by atoms with E-state index in [9.17, 15) is 4.79 Å². The Hall–Kier alpha value is -2.87. The summed E-state index contributed by atoms with van der Waals surface area (Å²) in [4.78, 5) is 16.7. The number of furan rings is 1. The van der Waals surface area contributed by atoms with Crippen molar-refractivity contribution in [1.82, 2.24) is 30.0 Å². The molecule has 0 saturated carbocycles. The van der Waals surface area contributed by atoms with Crippen molar-refractivity contribution in [3.63, 3.8) is 0 Å². The molecule has 0 radical (unpaired) electrons. The van der Waals surface area contributed by atoms with Crippen LogP contribution in [0, 0.1) is 0 Å². The minimum atomic E-state index is -0.138. The third kappa shape index (κ3) is 3.09. The molecular weight excluding hydrogens is 308 g/mol. The van der Waals surface area contributed by atoms with Crippen LogP contribution in [-0.4, -0.2) is 37.8 Å². The summed E-state index contributed by atoms with van der Waals surface area (Å²) >= 11 is 0. The van der Waals surface area contributed by atoms with Gasteiger partial charge in [-0.05, 0) is 12.1 Å². The summed E-state index contributed by atoms with van der Waals surface area (Å²) in [7, 11) is 0. The maximum Gasteiger partial charge on any atom is 0.254 e. The molecule has 1 atom stereocenters. The van der Waals surface area contributed by atoms with Crippen LogP contribution in [0.1, 0.15) is 21.9 Å². The first kappa shape index (κ1) is 14.7. The quantitative estimate of drug-likeness (QED) is 0.734. The zero-order chi connectivity index (χ0) is 16.4. The summed E-state index contributed by atoms with van der Waals surface area (Å²) in [5.41, 5.74) is 0.521. The zero-order valence-corrected chi connectivity index (χ0v) is 13.1. The average molecular weight is 326 g/mol. The van der Waals surface area contributed by atoms with E-state index in [1.54, 1.807) is 23.1 Å². The maximum atomic E-state index is 12.4. The largest absolute Gasteiger partial charge is 0.467 e.